The Morgan fingerprint density at radius 1 is 0.972 bits per heavy atom. The number of likely N-dealkylation sites (tertiary alicyclic amines) is 1. The number of rotatable bonds is 9. The zero-order chi connectivity index (χ0) is 25.7. The van der Waals surface area contributed by atoms with Crippen LogP contribution in [0.5, 0.6) is 5.75 Å². The predicted molar refractivity (Wildman–Crippen MR) is 141 cm³/mol. The minimum atomic E-state index is -0.661. The van der Waals surface area contributed by atoms with Crippen LogP contribution < -0.4 is 4.74 Å². The first-order valence-electron chi connectivity index (χ1n) is 12.1. The van der Waals surface area contributed by atoms with E-state index >= 15 is 0 Å². The zero-order valence-corrected chi connectivity index (χ0v) is 21.0. The van der Waals surface area contributed by atoms with E-state index in [1.165, 1.54) is 5.56 Å². The van der Waals surface area contributed by atoms with Crippen molar-refractivity contribution in [2.75, 3.05) is 27.2 Å². The Morgan fingerprint density at radius 3 is 2.36 bits per heavy atom. The molecule has 1 fully saturated rings. The van der Waals surface area contributed by atoms with Gasteiger partial charge in [-0.3, -0.25) is 9.59 Å². The van der Waals surface area contributed by atoms with Gasteiger partial charge in [0.1, 0.15) is 18.1 Å². The molecule has 1 heterocycles. The molecular formula is C30H32N2O4. The number of aryl methyl sites for hydroxylation is 1. The van der Waals surface area contributed by atoms with Gasteiger partial charge in [0.05, 0.1) is 11.6 Å². The minimum absolute atomic E-state index is 0.115. The average Bonchev–Trinajstić information content (AvgIpc) is 3.13. The number of carbonyl (C=O) groups excluding carboxylic acids is 2. The average molecular weight is 485 g/mol. The van der Waals surface area contributed by atoms with Gasteiger partial charge in [0.2, 0.25) is 0 Å². The van der Waals surface area contributed by atoms with E-state index in [2.05, 4.69) is 6.07 Å². The van der Waals surface area contributed by atoms with E-state index in [4.69, 9.17) is 4.74 Å². The van der Waals surface area contributed by atoms with Crippen LogP contribution in [-0.4, -0.2) is 53.8 Å². The van der Waals surface area contributed by atoms with Crippen LogP contribution in [0.2, 0.25) is 0 Å². The molecule has 6 nitrogen and oxygen atoms in total. The number of hydrogen-bond donors (Lipinski definition) is 1. The normalized spacial score (nSPS) is 17.1. The van der Waals surface area contributed by atoms with Gasteiger partial charge in [-0.2, -0.15) is 0 Å². The molecule has 36 heavy (non-hydrogen) atoms. The lowest BCUT2D eigenvalue weighted by Crippen LogP contribution is -2.32. The summed E-state index contributed by atoms with van der Waals surface area (Å²) in [6.07, 6.45) is 0.719. The Kier molecular flexibility index (Phi) is 7.86. The molecule has 4 rings (SSSR count). The van der Waals surface area contributed by atoms with E-state index in [1.807, 2.05) is 74.4 Å². The van der Waals surface area contributed by atoms with Gasteiger partial charge in [-0.05, 0) is 69.4 Å². The maximum absolute atomic E-state index is 13.1. The Balaban J connectivity index is 1.60. The summed E-state index contributed by atoms with van der Waals surface area (Å²) in [4.78, 5) is 29.7. The lowest BCUT2D eigenvalue weighted by atomic mass is 9.95. The molecule has 6 heteroatoms. The quantitative estimate of drug-likeness (QED) is 0.264. The van der Waals surface area contributed by atoms with E-state index in [0.29, 0.717) is 24.5 Å². The Bertz CT molecular complexity index is 1250. The summed E-state index contributed by atoms with van der Waals surface area (Å²) in [5.41, 5.74) is 3.61. The molecule has 0 aromatic heterocycles. The smallest absolute Gasteiger partial charge is 0.295 e. The van der Waals surface area contributed by atoms with Gasteiger partial charge in [-0.15, -0.1) is 0 Å². The molecule has 0 aliphatic carbocycles. The second kappa shape index (κ2) is 11.2. The van der Waals surface area contributed by atoms with E-state index in [9.17, 15) is 14.7 Å². The van der Waals surface area contributed by atoms with Gasteiger partial charge in [0.15, 0.2) is 0 Å². The second-order valence-corrected chi connectivity index (χ2v) is 9.36. The maximum Gasteiger partial charge on any atom is 0.295 e. The Labute approximate surface area is 212 Å². The van der Waals surface area contributed by atoms with Crippen molar-refractivity contribution in [3.8, 4) is 5.75 Å². The van der Waals surface area contributed by atoms with Crippen LogP contribution in [-0.2, 0) is 16.2 Å². The van der Waals surface area contributed by atoms with Crippen molar-refractivity contribution in [1.82, 2.24) is 9.80 Å². The lowest BCUT2D eigenvalue weighted by Gasteiger charge is -2.26. The van der Waals surface area contributed by atoms with Gasteiger partial charge in [0.25, 0.3) is 11.7 Å². The third-order valence-electron chi connectivity index (χ3n) is 6.28. The van der Waals surface area contributed by atoms with Crippen molar-refractivity contribution >= 4 is 17.4 Å². The van der Waals surface area contributed by atoms with Crippen LogP contribution in [0.3, 0.4) is 0 Å². The molecule has 1 atom stereocenters. The second-order valence-electron chi connectivity index (χ2n) is 9.36. The molecular weight excluding hydrogens is 452 g/mol. The highest BCUT2D eigenvalue weighted by molar-refractivity contribution is 6.46. The fraction of sp³-hybridized carbons (Fsp3) is 0.267. The SMILES string of the molecule is Cc1cccc(COc2ccc(/C(O)=C3\C(=O)C(=O)N(CCCN(C)C)[C@H]3c3ccccc3)cc2)c1. The number of aliphatic hydroxyl groups is 1. The summed E-state index contributed by atoms with van der Waals surface area (Å²) in [6.45, 7) is 3.67. The highest BCUT2D eigenvalue weighted by atomic mass is 16.5. The van der Waals surface area contributed by atoms with E-state index in [-0.39, 0.29) is 11.3 Å². The number of benzene rings is 3. The minimum Gasteiger partial charge on any atom is -0.507 e. The lowest BCUT2D eigenvalue weighted by molar-refractivity contribution is -0.139. The van der Waals surface area contributed by atoms with Crippen molar-refractivity contribution < 1.29 is 19.4 Å². The largest absolute Gasteiger partial charge is 0.507 e. The highest BCUT2D eigenvalue weighted by Crippen LogP contribution is 2.39. The standard InChI is InChI=1S/C30H32N2O4/c1-21-9-7-10-22(19-21)20-36-25-15-13-24(14-16-25)28(33)26-27(23-11-5-4-6-12-23)32(30(35)29(26)34)18-8-17-31(2)3/h4-7,9-16,19,27,33H,8,17-18,20H2,1-3H3/b28-26+/t27-/m0/s1. The van der Waals surface area contributed by atoms with Gasteiger partial charge in [0, 0.05) is 12.1 Å². The molecule has 1 aliphatic rings. The van der Waals surface area contributed by atoms with Crippen LogP contribution in [0, 0.1) is 6.92 Å². The monoisotopic (exact) mass is 484 g/mol. The molecule has 1 N–H and O–H groups in total. The predicted octanol–water partition coefficient (Wildman–Crippen LogP) is 4.95. The number of aliphatic hydroxyl groups excluding tert-OH is 1. The summed E-state index contributed by atoms with van der Waals surface area (Å²) < 4.78 is 5.89. The van der Waals surface area contributed by atoms with Gasteiger partial charge in [-0.25, -0.2) is 0 Å². The van der Waals surface area contributed by atoms with E-state index in [1.54, 1.807) is 29.2 Å². The number of hydrogen-bond acceptors (Lipinski definition) is 5. The van der Waals surface area contributed by atoms with Gasteiger partial charge in [-0.1, -0.05) is 60.2 Å². The summed E-state index contributed by atoms with van der Waals surface area (Å²) in [5, 5.41) is 11.2. The summed E-state index contributed by atoms with van der Waals surface area (Å²) >= 11 is 0. The van der Waals surface area contributed by atoms with E-state index in [0.717, 1.165) is 24.1 Å². The van der Waals surface area contributed by atoms with Crippen LogP contribution >= 0.6 is 0 Å². The Morgan fingerprint density at radius 2 is 1.69 bits per heavy atom. The first-order valence-corrected chi connectivity index (χ1v) is 12.1. The maximum atomic E-state index is 13.1. The molecule has 186 valence electrons. The van der Waals surface area contributed by atoms with Crippen LogP contribution in [0.25, 0.3) is 5.76 Å². The van der Waals surface area contributed by atoms with Crippen molar-refractivity contribution in [3.05, 3.63) is 107 Å². The molecule has 3 aromatic rings. The number of ketones is 1. The molecule has 0 saturated carbocycles. The summed E-state index contributed by atoms with van der Waals surface area (Å²) in [5.74, 6) is -0.771. The topological polar surface area (TPSA) is 70.1 Å². The number of Topliss-reactive ketones (excluding diaryl/α,β-unsaturated/α-hetero) is 1. The number of nitrogens with zero attached hydrogens (tertiary/aromatic N) is 2. The van der Waals surface area contributed by atoms with Crippen molar-refractivity contribution in [2.24, 2.45) is 0 Å². The van der Waals surface area contributed by atoms with Gasteiger partial charge >= 0.3 is 0 Å². The Hall–Kier alpha value is -3.90. The highest BCUT2D eigenvalue weighted by Gasteiger charge is 2.45. The van der Waals surface area contributed by atoms with Crippen molar-refractivity contribution in [3.63, 3.8) is 0 Å². The molecule has 1 saturated heterocycles. The molecule has 0 radical (unpaired) electrons. The fourth-order valence-corrected chi connectivity index (χ4v) is 4.48. The van der Waals surface area contributed by atoms with Crippen molar-refractivity contribution in [1.29, 1.82) is 0 Å². The zero-order valence-electron chi connectivity index (χ0n) is 21.0. The summed E-state index contributed by atoms with van der Waals surface area (Å²) in [6, 6.07) is 23.8. The van der Waals surface area contributed by atoms with Crippen LogP contribution in [0.15, 0.2) is 84.4 Å². The number of ether oxygens (including phenoxy) is 1. The number of carbonyl (C=O) groups is 2. The van der Waals surface area contributed by atoms with Crippen LogP contribution in [0.4, 0.5) is 0 Å². The van der Waals surface area contributed by atoms with Gasteiger partial charge < -0.3 is 19.6 Å². The van der Waals surface area contributed by atoms with E-state index < -0.39 is 17.7 Å². The fourth-order valence-electron chi connectivity index (χ4n) is 4.48. The third-order valence-corrected chi connectivity index (χ3v) is 6.28. The molecule has 0 unspecified atom stereocenters. The molecule has 3 aromatic carbocycles. The molecule has 0 bridgehead atoms. The summed E-state index contributed by atoms with van der Waals surface area (Å²) in [7, 11) is 3.94. The molecule has 1 aliphatic heterocycles. The third kappa shape index (κ3) is 5.66. The first-order chi connectivity index (χ1) is 17.3. The molecule has 0 spiro atoms. The van der Waals surface area contributed by atoms with Crippen molar-refractivity contribution in [2.45, 2.75) is 26.0 Å². The number of amides is 1. The molecule has 1 amide bonds. The van der Waals surface area contributed by atoms with Crippen LogP contribution in [0.1, 0.15) is 34.7 Å². The first kappa shape index (κ1) is 25.2.